The molecular weight excluding hydrogens is 256 g/mol. The van der Waals surface area contributed by atoms with Crippen LogP contribution in [0.3, 0.4) is 0 Å². The lowest BCUT2D eigenvalue weighted by Gasteiger charge is -2.31. The average Bonchev–Trinajstić information content (AvgIpc) is 2.50. The Kier molecular flexibility index (Phi) is 6.72. The van der Waals surface area contributed by atoms with E-state index in [0.29, 0.717) is 12.0 Å². The molecule has 1 aliphatic rings. The highest BCUT2D eigenvalue weighted by atomic mass is 15.1. The van der Waals surface area contributed by atoms with Crippen LogP contribution in [-0.4, -0.2) is 32.1 Å². The molecule has 0 amide bonds. The Morgan fingerprint density at radius 3 is 2.43 bits per heavy atom. The molecule has 0 heterocycles. The second-order valence-electron chi connectivity index (χ2n) is 6.88. The van der Waals surface area contributed by atoms with Crippen LogP contribution in [0.4, 0.5) is 0 Å². The molecule has 2 heteroatoms. The second-order valence-corrected chi connectivity index (χ2v) is 6.88. The summed E-state index contributed by atoms with van der Waals surface area (Å²) >= 11 is 0. The molecule has 2 unspecified atom stereocenters. The van der Waals surface area contributed by atoms with E-state index < -0.39 is 0 Å². The number of rotatable bonds is 7. The molecule has 0 bridgehead atoms. The van der Waals surface area contributed by atoms with Crippen molar-refractivity contribution >= 4 is 0 Å². The lowest BCUT2D eigenvalue weighted by molar-refractivity contribution is 0.197. The van der Waals surface area contributed by atoms with Gasteiger partial charge in [0.15, 0.2) is 0 Å². The molecule has 2 rings (SSSR count). The summed E-state index contributed by atoms with van der Waals surface area (Å²) < 4.78 is 0. The molecule has 1 aliphatic carbocycles. The Morgan fingerprint density at radius 1 is 1.14 bits per heavy atom. The summed E-state index contributed by atoms with van der Waals surface area (Å²) in [4.78, 5) is 2.55. The summed E-state index contributed by atoms with van der Waals surface area (Å²) in [7, 11) is 4.37. The maximum absolute atomic E-state index is 3.50. The van der Waals surface area contributed by atoms with E-state index in [0.717, 1.165) is 12.5 Å². The monoisotopic (exact) mass is 288 g/mol. The molecule has 21 heavy (non-hydrogen) atoms. The van der Waals surface area contributed by atoms with Crippen LogP contribution < -0.4 is 5.32 Å². The van der Waals surface area contributed by atoms with Crippen LogP contribution in [0.15, 0.2) is 30.3 Å². The Morgan fingerprint density at radius 2 is 1.81 bits per heavy atom. The second kappa shape index (κ2) is 8.55. The third-order valence-corrected chi connectivity index (χ3v) is 4.93. The molecule has 1 saturated carbocycles. The van der Waals surface area contributed by atoms with Gasteiger partial charge in [0, 0.05) is 19.1 Å². The molecule has 0 saturated heterocycles. The van der Waals surface area contributed by atoms with E-state index in [1.807, 2.05) is 0 Å². The molecule has 1 fully saturated rings. The predicted octanol–water partition coefficient (Wildman–Crippen LogP) is 4.10. The van der Waals surface area contributed by atoms with Gasteiger partial charge in [-0.3, -0.25) is 0 Å². The fourth-order valence-electron chi connectivity index (χ4n) is 3.92. The van der Waals surface area contributed by atoms with Gasteiger partial charge in [-0.15, -0.1) is 0 Å². The SMILES string of the molecule is CNC(c1ccccc1)C(C)CN(C)CC1CCCCC1. The molecule has 0 spiro atoms. The van der Waals surface area contributed by atoms with E-state index in [-0.39, 0.29) is 0 Å². The minimum absolute atomic E-state index is 0.444. The van der Waals surface area contributed by atoms with E-state index in [4.69, 9.17) is 0 Å². The van der Waals surface area contributed by atoms with Gasteiger partial charge in [0.1, 0.15) is 0 Å². The van der Waals surface area contributed by atoms with Crippen LogP contribution >= 0.6 is 0 Å². The Labute approximate surface area is 130 Å². The first kappa shape index (κ1) is 16.5. The van der Waals surface area contributed by atoms with E-state index in [2.05, 4.69) is 61.6 Å². The molecule has 1 aromatic rings. The van der Waals surface area contributed by atoms with Crippen molar-refractivity contribution in [3.8, 4) is 0 Å². The Bertz CT molecular complexity index is 384. The summed E-state index contributed by atoms with van der Waals surface area (Å²) in [5.74, 6) is 1.55. The topological polar surface area (TPSA) is 15.3 Å². The zero-order chi connectivity index (χ0) is 15.1. The van der Waals surface area contributed by atoms with Crippen LogP contribution in [0.2, 0.25) is 0 Å². The standard InChI is InChI=1S/C19H32N2/c1-16(19(20-2)18-12-8-5-9-13-18)14-21(3)15-17-10-6-4-7-11-17/h5,8-9,12-13,16-17,19-20H,4,6-7,10-11,14-15H2,1-3H3. The zero-order valence-corrected chi connectivity index (χ0v) is 14.0. The van der Waals surface area contributed by atoms with Crippen molar-refractivity contribution in [1.29, 1.82) is 0 Å². The number of hydrogen-bond donors (Lipinski definition) is 1. The molecule has 0 aliphatic heterocycles. The van der Waals surface area contributed by atoms with E-state index in [1.54, 1.807) is 0 Å². The highest BCUT2D eigenvalue weighted by Crippen LogP contribution is 2.26. The van der Waals surface area contributed by atoms with Gasteiger partial charge < -0.3 is 10.2 Å². The number of benzene rings is 1. The summed E-state index contributed by atoms with van der Waals surface area (Å²) in [5.41, 5.74) is 1.40. The van der Waals surface area contributed by atoms with Crippen molar-refractivity contribution in [1.82, 2.24) is 10.2 Å². The maximum Gasteiger partial charge on any atom is 0.0355 e. The fourth-order valence-corrected chi connectivity index (χ4v) is 3.92. The van der Waals surface area contributed by atoms with Gasteiger partial charge in [0.2, 0.25) is 0 Å². The fraction of sp³-hybridized carbons (Fsp3) is 0.684. The van der Waals surface area contributed by atoms with Gasteiger partial charge >= 0.3 is 0 Å². The number of nitrogens with one attached hydrogen (secondary N) is 1. The molecule has 0 aromatic heterocycles. The largest absolute Gasteiger partial charge is 0.313 e. The first-order valence-electron chi connectivity index (χ1n) is 8.61. The quantitative estimate of drug-likeness (QED) is 0.813. The normalized spacial score (nSPS) is 19.6. The van der Waals surface area contributed by atoms with Crippen LogP contribution in [0.1, 0.15) is 50.6 Å². The first-order chi connectivity index (χ1) is 10.2. The minimum atomic E-state index is 0.444. The van der Waals surface area contributed by atoms with Gasteiger partial charge in [-0.05, 0) is 44.3 Å². The van der Waals surface area contributed by atoms with Crippen molar-refractivity contribution in [2.45, 2.75) is 45.1 Å². The molecule has 1 N–H and O–H groups in total. The van der Waals surface area contributed by atoms with E-state index in [9.17, 15) is 0 Å². The van der Waals surface area contributed by atoms with Crippen LogP contribution in [-0.2, 0) is 0 Å². The summed E-state index contributed by atoms with van der Waals surface area (Å²) in [6.45, 7) is 4.80. The van der Waals surface area contributed by atoms with Crippen molar-refractivity contribution in [3.63, 3.8) is 0 Å². The molecular formula is C19H32N2. The van der Waals surface area contributed by atoms with Crippen molar-refractivity contribution in [2.75, 3.05) is 27.2 Å². The van der Waals surface area contributed by atoms with E-state index in [1.165, 1.54) is 44.2 Å². The van der Waals surface area contributed by atoms with Crippen molar-refractivity contribution < 1.29 is 0 Å². The van der Waals surface area contributed by atoms with Crippen LogP contribution in [0.5, 0.6) is 0 Å². The zero-order valence-electron chi connectivity index (χ0n) is 14.0. The number of nitrogens with zero attached hydrogens (tertiary/aromatic N) is 1. The van der Waals surface area contributed by atoms with Crippen LogP contribution in [0.25, 0.3) is 0 Å². The lowest BCUT2D eigenvalue weighted by Crippen LogP contribution is -2.35. The third kappa shape index (κ3) is 5.12. The lowest BCUT2D eigenvalue weighted by atomic mass is 9.88. The number of hydrogen-bond acceptors (Lipinski definition) is 2. The van der Waals surface area contributed by atoms with Crippen molar-refractivity contribution in [2.24, 2.45) is 11.8 Å². The van der Waals surface area contributed by atoms with Gasteiger partial charge in [-0.1, -0.05) is 56.5 Å². The molecule has 1 aromatic carbocycles. The van der Waals surface area contributed by atoms with Gasteiger partial charge in [0.05, 0.1) is 0 Å². The van der Waals surface area contributed by atoms with Gasteiger partial charge in [-0.2, -0.15) is 0 Å². The summed E-state index contributed by atoms with van der Waals surface area (Å²) in [6.07, 6.45) is 7.21. The highest BCUT2D eigenvalue weighted by molar-refractivity contribution is 5.19. The average molecular weight is 288 g/mol. The molecule has 2 nitrogen and oxygen atoms in total. The van der Waals surface area contributed by atoms with E-state index >= 15 is 0 Å². The molecule has 118 valence electrons. The molecule has 0 radical (unpaired) electrons. The smallest absolute Gasteiger partial charge is 0.0355 e. The minimum Gasteiger partial charge on any atom is -0.313 e. The summed E-state index contributed by atoms with van der Waals surface area (Å²) in [5, 5.41) is 3.50. The Balaban J connectivity index is 1.85. The predicted molar refractivity (Wildman–Crippen MR) is 91.5 cm³/mol. The highest BCUT2D eigenvalue weighted by Gasteiger charge is 2.21. The Hall–Kier alpha value is -0.860. The summed E-state index contributed by atoms with van der Waals surface area (Å²) in [6, 6.07) is 11.3. The first-order valence-corrected chi connectivity index (χ1v) is 8.61. The third-order valence-electron chi connectivity index (χ3n) is 4.93. The van der Waals surface area contributed by atoms with Gasteiger partial charge in [-0.25, -0.2) is 0 Å². The van der Waals surface area contributed by atoms with Gasteiger partial charge in [0.25, 0.3) is 0 Å². The molecule has 2 atom stereocenters. The van der Waals surface area contributed by atoms with Crippen LogP contribution in [0, 0.1) is 11.8 Å². The van der Waals surface area contributed by atoms with Crippen molar-refractivity contribution in [3.05, 3.63) is 35.9 Å². The maximum atomic E-state index is 3.50.